The van der Waals surface area contributed by atoms with Gasteiger partial charge in [-0.05, 0) is 46.6 Å². The lowest BCUT2D eigenvalue weighted by molar-refractivity contribution is 0.391. The Morgan fingerprint density at radius 3 is 2.47 bits per heavy atom. The minimum Gasteiger partial charge on any atom is -0.480 e. The molecule has 0 saturated heterocycles. The van der Waals surface area contributed by atoms with Gasteiger partial charge in [0.15, 0.2) is 5.82 Å². The zero-order chi connectivity index (χ0) is 21.6. The van der Waals surface area contributed by atoms with Gasteiger partial charge in [0.1, 0.15) is 16.5 Å². The Balaban J connectivity index is 2.05. The van der Waals surface area contributed by atoms with Gasteiger partial charge in [0, 0.05) is 11.6 Å². The van der Waals surface area contributed by atoms with Crippen LogP contribution in [-0.2, 0) is 6.54 Å². The summed E-state index contributed by atoms with van der Waals surface area (Å²) in [7, 11) is 1.40. The van der Waals surface area contributed by atoms with E-state index in [1.807, 2.05) is 0 Å². The molecule has 1 aromatic carbocycles. The number of thiophene rings is 1. The smallest absolute Gasteiger partial charge is 0.338 e. The van der Waals surface area contributed by atoms with Gasteiger partial charge in [-0.2, -0.15) is 0 Å². The standard InChI is InChI=1S/C19H12BrF2N4O3S/c1-9-15-17(27)26(13-6-7-14(29-2)24-23-13)19(28)25(18(15)30-16(9)20)8-10-11(21)4-3-5-12(10)22/h3-7H,1,8H2,2H3. The lowest BCUT2D eigenvalue weighted by atomic mass is 10.2. The van der Waals surface area contributed by atoms with Crippen LogP contribution in [0, 0.1) is 18.6 Å². The molecule has 0 amide bonds. The number of hydrogen-bond acceptors (Lipinski definition) is 6. The SMILES string of the molecule is [CH2]c1c(Br)sc2c1c(=O)n(-c1ccc(OC)nn1)c(=O)n2Cc1c(F)cccc1F. The first-order chi connectivity index (χ1) is 14.3. The summed E-state index contributed by atoms with van der Waals surface area (Å²) in [6.45, 7) is 3.45. The van der Waals surface area contributed by atoms with E-state index in [9.17, 15) is 18.4 Å². The second-order valence-electron chi connectivity index (χ2n) is 6.18. The molecule has 0 N–H and O–H groups in total. The van der Waals surface area contributed by atoms with Crippen LogP contribution in [0.5, 0.6) is 5.88 Å². The Morgan fingerprint density at radius 1 is 1.17 bits per heavy atom. The van der Waals surface area contributed by atoms with Crippen molar-refractivity contribution in [3.05, 3.63) is 84.6 Å². The van der Waals surface area contributed by atoms with Crippen molar-refractivity contribution in [2.45, 2.75) is 6.54 Å². The zero-order valence-corrected chi connectivity index (χ0v) is 17.8. The average Bonchev–Trinajstić information content (AvgIpc) is 3.02. The average molecular weight is 494 g/mol. The maximum absolute atomic E-state index is 14.3. The van der Waals surface area contributed by atoms with E-state index in [4.69, 9.17) is 4.74 Å². The number of rotatable bonds is 4. The molecule has 0 aliphatic carbocycles. The van der Waals surface area contributed by atoms with Crippen LogP contribution in [-0.4, -0.2) is 26.4 Å². The number of benzene rings is 1. The van der Waals surface area contributed by atoms with Gasteiger partial charge in [-0.3, -0.25) is 9.36 Å². The van der Waals surface area contributed by atoms with Crippen molar-refractivity contribution in [2.24, 2.45) is 0 Å². The van der Waals surface area contributed by atoms with Crippen molar-refractivity contribution < 1.29 is 13.5 Å². The number of aromatic nitrogens is 4. The lowest BCUT2D eigenvalue weighted by Gasteiger charge is -2.12. The van der Waals surface area contributed by atoms with Gasteiger partial charge >= 0.3 is 5.69 Å². The Labute approximate surface area is 180 Å². The highest BCUT2D eigenvalue weighted by Gasteiger charge is 2.22. The van der Waals surface area contributed by atoms with Crippen molar-refractivity contribution >= 4 is 37.5 Å². The Kier molecular flexibility index (Phi) is 5.24. The predicted octanol–water partition coefficient (Wildman–Crippen LogP) is 3.28. The summed E-state index contributed by atoms with van der Waals surface area (Å²) in [6.07, 6.45) is 0. The molecule has 3 aromatic heterocycles. The van der Waals surface area contributed by atoms with Gasteiger partial charge in [-0.1, -0.05) is 6.07 Å². The van der Waals surface area contributed by atoms with Crippen molar-refractivity contribution in [1.29, 1.82) is 0 Å². The van der Waals surface area contributed by atoms with Gasteiger partial charge in [-0.25, -0.2) is 18.1 Å². The molecule has 0 unspecified atom stereocenters. The molecule has 0 aliphatic heterocycles. The fourth-order valence-corrected chi connectivity index (χ4v) is 4.58. The van der Waals surface area contributed by atoms with Crippen molar-refractivity contribution in [3.8, 4) is 11.7 Å². The van der Waals surface area contributed by atoms with Gasteiger partial charge in [-0.15, -0.1) is 21.5 Å². The summed E-state index contributed by atoms with van der Waals surface area (Å²) in [6, 6.07) is 6.26. The maximum atomic E-state index is 14.3. The highest BCUT2D eigenvalue weighted by atomic mass is 79.9. The molecule has 0 bridgehead atoms. The van der Waals surface area contributed by atoms with E-state index < -0.39 is 29.4 Å². The van der Waals surface area contributed by atoms with Crippen LogP contribution in [0.2, 0.25) is 0 Å². The minimum absolute atomic E-state index is 0.0582. The fraction of sp³-hybridized carbons (Fsp3) is 0.105. The third kappa shape index (κ3) is 3.23. The summed E-state index contributed by atoms with van der Waals surface area (Å²) >= 11 is 4.39. The molecular formula is C19H12BrF2N4O3S. The largest absolute Gasteiger partial charge is 0.480 e. The van der Waals surface area contributed by atoms with E-state index >= 15 is 0 Å². The summed E-state index contributed by atoms with van der Waals surface area (Å²) in [4.78, 5) is 26.6. The van der Waals surface area contributed by atoms with Crippen LogP contribution in [0.25, 0.3) is 16.0 Å². The Morgan fingerprint density at radius 2 is 1.87 bits per heavy atom. The van der Waals surface area contributed by atoms with Crippen molar-refractivity contribution in [1.82, 2.24) is 19.3 Å². The van der Waals surface area contributed by atoms with E-state index in [-0.39, 0.29) is 27.5 Å². The third-order valence-corrected chi connectivity index (χ3v) is 6.47. The van der Waals surface area contributed by atoms with Crippen LogP contribution in [0.15, 0.2) is 43.7 Å². The third-order valence-electron chi connectivity index (χ3n) is 4.47. The normalized spacial score (nSPS) is 11.2. The second-order valence-corrected chi connectivity index (χ2v) is 8.49. The summed E-state index contributed by atoms with van der Waals surface area (Å²) < 4.78 is 35.9. The van der Waals surface area contributed by atoms with Gasteiger partial charge in [0.2, 0.25) is 5.88 Å². The number of halogens is 3. The zero-order valence-electron chi connectivity index (χ0n) is 15.4. The van der Waals surface area contributed by atoms with Crippen LogP contribution in [0.1, 0.15) is 11.1 Å². The lowest BCUT2D eigenvalue weighted by Crippen LogP contribution is -2.39. The topological polar surface area (TPSA) is 79.0 Å². The molecule has 30 heavy (non-hydrogen) atoms. The van der Waals surface area contributed by atoms with Crippen molar-refractivity contribution in [2.75, 3.05) is 7.11 Å². The fourth-order valence-electron chi connectivity index (χ4n) is 2.97. The van der Waals surface area contributed by atoms with E-state index in [1.165, 1.54) is 25.3 Å². The van der Waals surface area contributed by atoms with Crippen LogP contribution < -0.4 is 16.0 Å². The maximum Gasteiger partial charge on any atom is 0.338 e. The first-order valence-corrected chi connectivity index (χ1v) is 10.0. The quantitative estimate of drug-likeness (QED) is 0.435. The molecule has 0 saturated carbocycles. The summed E-state index contributed by atoms with van der Waals surface area (Å²) in [5.74, 6) is -1.47. The van der Waals surface area contributed by atoms with Crippen molar-refractivity contribution in [3.63, 3.8) is 0 Å². The van der Waals surface area contributed by atoms with E-state index in [0.29, 0.717) is 9.35 Å². The van der Waals surface area contributed by atoms with Crippen LogP contribution >= 0.6 is 27.3 Å². The van der Waals surface area contributed by atoms with E-state index in [0.717, 1.165) is 32.6 Å². The molecule has 153 valence electrons. The van der Waals surface area contributed by atoms with E-state index in [2.05, 4.69) is 33.1 Å². The number of hydrogen-bond donors (Lipinski definition) is 0. The molecular weight excluding hydrogens is 482 g/mol. The Hall–Kier alpha value is -2.92. The first-order valence-electron chi connectivity index (χ1n) is 8.44. The molecule has 4 aromatic rings. The molecule has 0 aliphatic rings. The highest BCUT2D eigenvalue weighted by molar-refractivity contribution is 9.11. The second kappa shape index (κ2) is 7.73. The monoisotopic (exact) mass is 493 g/mol. The molecule has 0 fully saturated rings. The summed E-state index contributed by atoms with van der Waals surface area (Å²) in [5.41, 5.74) is -1.42. The number of nitrogens with zero attached hydrogens (tertiary/aromatic N) is 4. The van der Waals surface area contributed by atoms with E-state index in [1.54, 1.807) is 0 Å². The molecule has 3 heterocycles. The molecule has 1 radical (unpaired) electrons. The molecule has 0 spiro atoms. The van der Waals surface area contributed by atoms with Crippen LogP contribution in [0.3, 0.4) is 0 Å². The Bertz CT molecular complexity index is 1380. The molecule has 7 nitrogen and oxygen atoms in total. The summed E-state index contributed by atoms with van der Waals surface area (Å²) in [5, 5.41) is 7.79. The van der Waals surface area contributed by atoms with Gasteiger partial charge in [0.25, 0.3) is 5.56 Å². The number of methoxy groups -OCH3 is 1. The molecule has 11 heteroatoms. The number of fused-ring (bicyclic) bond motifs is 1. The predicted molar refractivity (Wildman–Crippen MR) is 111 cm³/mol. The van der Waals surface area contributed by atoms with Crippen LogP contribution in [0.4, 0.5) is 8.78 Å². The first kappa shape index (κ1) is 20.4. The number of ether oxygens (including phenoxy) is 1. The highest BCUT2D eigenvalue weighted by Crippen LogP contribution is 2.32. The molecule has 0 atom stereocenters. The van der Waals surface area contributed by atoms with Gasteiger partial charge < -0.3 is 4.74 Å². The van der Waals surface area contributed by atoms with Gasteiger partial charge in [0.05, 0.1) is 22.8 Å². The molecule has 4 rings (SSSR count). The minimum atomic E-state index is -0.816.